The summed E-state index contributed by atoms with van der Waals surface area (Å²) >= 11 is 0. The molecule has 0 saturated carbocycles. The van der Waals surface area contributed by atoms with Crippen molar-refractivity contribution in [2.75, 3.05) is 0 Å². The highest BCUT2D eigenvalue weighted by Gasteiger charge is 2.06. The first kappa shape index (κ1) is 15.3. The summed E-state index contributed by atoms with van der Waals surface area (Å²) in [5.74, 6) is 1.75. The Hall–Kier alpha value is -0.790. The summed E-state index contributed by atoms with van der Waals surface area (Å²) in [5, 5.41) is 3.75. The van der Waals surface area contributed by atoms with Crippen LogP contribution in [0.15, 0.2) is 16.8 Å². The van der Waals surface area contributed by atoms with Gasteiger partial charge in [0.1, 0.15) is 5.76 Å². The van der Waals surface area contributed by atoms with Gasteiger partial charge in [0.2, 0.25) is 0 Å². The monoisotopic (exact) mass is 251 g/mol. The van der Waals surface area contributed by atoms with Crippen molar-refractivity contribution in [3.05, 3.63) is 18.0 Å². The molecular formula is C16H29NO. The molecule has 0 saturated heterocycles. The zero-order chi connectivity index (χ0) is 13.1. The van der Waals surface area contributed by atoms with Gasteiger partial charge in [-0.25, -0.2) is 0 Å². The molecule has 0 aliphatic heterocycles. The molecule has 1 unspecified atom stereocenters. The lowest BCUT2D eigenvalue weighted by Crippen LogP contribution is -1.98. The zero-order valence-electron chi connectivity index (χ0n) is 12.2. The Morgan fingerprint density at radius 2 is 1.72 bits per heavy atom. The van der Waals surface area contributed by atoms with Crippen LogP contribution in [0.4, 0.5) is 0 Å². The number of hydrogen-bond donors (Lipinski definition) is 0. The van der Waals surface area contributed by atoms with Crippen LogP contribution < -0.4 is 0 Å². The molecule has 2 nitrogen and oxygen atoms in total. The Labute approximate surface area is 112 Å². The molecule has 0 aliphatic rings. The molecule has 0 aromatic carbocycles. The van der Waals surface area contributed by atoms with Crippen LogP contribution in [0.3, 0.4) is 0 Å². The van der Waals surface area contributed by atoms with Crippen LogP contribution in [0.2, 0.25) is 0 Å². The van der Waals surface area contributed by atoms with E-state index in [1.165, 1.54) is 57.8 Å². The molecule has 1 aromatic heterocycles. The number of unbranched alkanes of at least 4 members (excludes halogenated alkanes) is 7. The third kappa shape index (κ3) is 7.52. The second kappa shape index (κ2) is 10.2. The fourth-order valence-electron chi connectivity index (χ4n) is 2.42. The van der Waals surface area contributed by atoms with Gasteiger partial charge >= 0.3 is 0 Å². The van der Waals surface area contributed by atoms with Crippen molar-refractivity contribution in [1.82, 2.24) is 5.16 Å². The van der Waals surface area contributed by atoms with Crippen LogP contribution >= 0.6 is 0 Å². The topological polar surface area (TPSA) is 26.0 Å². The van der Waals surface area contributed by atoms with Crippen molar-refractivity contribution >= 4 is 0 Å². The van der Waals surface area contributed by atoms with E-state index in [1.807, 2.05) is 6.07 Å². The minimum Gasteiger partial charge on any atom is -0.361 e. The summed E-state index contributed by atoms with van der Waals surface area (Å²) in [6.45, 7) is 4.58. The normalized spacial score (nSPS) is 12.8. The molecule has 0 amide bonds. The first-order valence-corrected chi connectivity index (χ1v) is 7.72. The molecule has 1 heterocycles. The van der Waals surface area contributed by atoms with Gasteiger partial charge in [0, 0.05) is 12.5 Å². The van der Waals surface area contributed by atoms with E-state index in [2.05, 4.69) is 19.0 Å². The molecule has 1 atom stereocenters. The van der Waals surface area contributed by atoms with E-state index < -0.39 is 0 Å². The molecule has 0 N–H and O–H groups in total. The first-order valence-electron chi connectivity index (χ1n) is 7.72. The van der Waals surface area contributed by atoms with E-state index in [9.17, 15) is 0 Å². The number of hydrogen-bond acceptors (Lipinski definition) is 2. The van der Waals surface area contributed by atoms with Crippen molar-refractivity contribution in [2.24, 2.45) is 5.92 Å². The Balaban J connectivity index is 1.88. The third-order valence-electron chi connectivity index (χ3n) is 3.59. The van der Waals surface area contributed by atoms with Crippen molar-refractivity contribution in [2.45, 2.75) is 78.1 Å². The summed E-state index contributed by atoms with van der Waals surface area (Å²) in [6, 6.07) is 1.98. The highest BCUT2D eigenvalue weighted by atomic mass is 16.5. The molecule has 0 aliphatic carbocycles. The Morgan fingerprint density at radius 3 is 2.33 bits per heavy atom. The third-order valence-corrected chi connectivity index (χ3v) is 3.59. The quantitative estimate of drug-likeness (QED) is 0.493. The Kier molecular flexibility index (Phi) is 8.62. The number of rotatable bonds is 11. The highest BCUT2D eigenvalue weighted by Crippen LogP contribution is 2.16. The molecule has 1 rings (SSSR count). The largest absolute Gasteiger partial charge is 0.361 e. The van der Waals surface area contributed by atoms with Crippen LogP contribution in [0.5, 0.6) is 0 Å². The maximum atomic E-state index is 5.14. The average Bonchev–Trinajstić information content (AvgIpc) is 2.85. The van der Waals surface area contributed by atoms with Crippen molar-refractivity contribution in [1.29, 1.82) is 0 Å². The lowest BCUT2D eigenvalue weighted by atomic mass is 9.98. The minimum absolute atomic E-state index is 0.720. The molecule has 0 spiro atoms. The van der Waals surface area contributed by atoms with Crippen LogP contribution in [-0.4, -0.2) is 5.16 Å². The second-order valence-electron chi connectivity index (χ2n) is 5.55. The van der Waals surface area contributed by atoms with E-state index in [0.717, 1.165) is 18.1 Å². The average molecular weight is 251 g/mol. The lowest BCUT2D eigenvalue weighted by Gasteiger charge is -2.08. The number of aromatic nitrogens is 1. The summed E-state index contributed by atoms with van der Waals surface area (Å²) in [5.41, 5.74) is 0. The molecular weight excluding hydrogens is 222 g/mol. The predicted molar refractivity (Wildman–Crippen MR) is 76.6 cm³/mol. The fraction of sp³-hybridized carbons (Fsp3) is 0.812. The molecule has 1 aromatic rings. The standard InChI is InChI=1S/C16H29NO/c1-3-4-5-6-7-8-9-10-11-15(2)14-16-12-13-17-18-16/h12-13,15H,3-11,14H2,1-2H3. The smallest absolute Gasteiger partial charge is 0.136 e. The minimum atomic E-state index is 0.720. The summed E-state index contributed by atoms with van der Waals surface area (Å²) in [4.78, 5) is 0. The molecule has 18 heavy (non-hydrogen) atoms. The van der Waals surface area contributed by atoms with Gasteiger partial charge in [-0.05, 0) is 5.92 Å². The van der Waals surface area contributed by atoms with E-state index in [-0.39, 0.29) is 0 Å². The maximum absolute atomic E-state index is 5.14. The summed E-state index contributed by atoms with van der Waals surface area (Å²) < 4.78 is 5.14. The molecule has 0 radical (unpaired) electrons. The SMILES string of the molecule is CCCCCCCCCCC(C)Cc1ccno1. The molecule has 0 fully saturated rings. The summed E-state index contributed by atoms with van der Waals surface area (Å²) in [6.07, 6.45) is 15.3. The zero-order valence-corrected chi connectivity index (χ0v) is 12.2. The van der Waals surface area contributed by atoms with E-state index in [0.29, 0.717) is 0 Å². The van der Waals surface area contributed by atoms with Gasteiger partial charge in [-0.1, -0.05) is 76.8 Å². The van der Waals surface area contributed by atoms with Gasteiger partial charge in [-0.15, -0.1) is 0 Å². The molecule has 2 heteroatoms. The van der Waals surface area contributed by atoms with Gasteiger partial charge in [0.05, 0.1) is 6.20 Å². The van der Waals surface area contributed by atoms with Gasteiger partial charge in [-0.2, -0.15) is 0 Å². The summed E-state index contributed by atoms with van der Waals surface area (Å²) in [7, 11) is 0. The molecule has 0 bridgehead atoms. The Bertz CT molecular complexity index is 269. The second-order valence-corrected chi connectivity index (χ2v) is 5.55. The molecule has 104 valence electrons. The van der Waals surface area contributed by atoms with E-state index >= 15 is 0 Å². The van der Waals surface area contributed by atoms with Gasteiger partial charge in [0.25, 0.3) is 0 Å². The fourth-order valence-corrected chi connectivity index (χ4v) is 2.42. The van der Waals surface area contributed by atoms with Crippen LogP contribution in [0.25, 0.3) is 0 Å². The first-order chi connectivity index (χ1) is 8.83. The van der Waals surface area contributed by atoms with Gasteiger partial charge < -0.3 is 4.52 Å². The van der Waals surface area contributed by atoms with Crippen LogP contribution in [-0.2, 0) is 6.42 Å². The van der Waals surface area contributed by atoms with E-state index in [4.69, 9.17) is 4.52 Å². The maximum Gasteiger partial charge on any atom is 0.136 e. The Morgan fingerprint density at radius 1 is 1.06 bits per heavy atom. The number of nitrogens with zero attached hydrogens (tertiary/aromatic N) is 1. The van der Waals surface area contributed by atoms with Crippen molar-refractivity contribution < 1.29 is 4.52 Å². The van der Waals surface area contributed by atoms with Gasteiger partial charge in [-0.3, -0.25) is 0 Å². The highest BCUT2D eigenvalue weighted by molar-refractivity contribution is 4.93. The van der Waals surface area contributed by atoms with Crippen LogP contribution in [0.1, 0.15) is 77.4 Å². The van der Waals surface area contributed by atoms with Crippen molar-refractivity contribution in [3.63, 3.8) is 0 Å². The van der Waals surface area contributed by atoms with Crippen molar-refractivity contribution in [3.8, 4) is 0 Å². The predicted octanol–water partition coefficient (Wildman–Crippen LogP) is 5.38. The lowest BCUT2D eigenvalue weighted by molar-refractivity contribution is 0.355. The van der Waals surface area contributed by atoms with Crippen LogP contribution in [0, 0.1) is 5.92 Å². The van der Waals surface area contributed by atoms with E-state index in [1.54, 1.807) is 6.20 Å². The van der Waals surface area contributed by atoms with Gasteiger partial charge in [0.15, 0.2) is 0 Å².